The van der Waals surface area contributed by atoms with E-state index in [4.69, 9.17) is 5.11 Å². The molecule has 2 aliphatic heterocycles. The van der Waals surface area contributed by atoms with Gasteiger partial charge in [-0.1, -0.05) is 6.92 Å². The molecule has 2 heterocycles. The van der Waals surface area contributed by atoms with Gasteiger partial charge in [0.05, 0.1) is 5.92 Å². The zero-order chi connectivity index (χ0) is 14.2. The number of carbonyl (C=O) groups excluding carboxylic acids is 1. The molecule has 2 fully saturated rings. The number of nitrogens with zero attached hydrogens (tertiary/aromatic N) is 3. The van der Waals surface area contributed by atoms with Crippen molar-refractivity contribution in [1.82, 2.24) is 14.7 Å². The predicted molar refractivity (Wildman–Crippen MR) is 70.9 cm³/mol. The van der Waals surface area contributed by atoms with Crippen molar-refractivity contribution in [2.45, 2.75) is 19.4 Å². The molecule has 0 spiro atoms. The lowest BCUT2D eigenvalue weighted by atomic mass is 9.99. The third-order valence-corrected chi connectivity index (χ3v) is 4.36. The second-order valence-electron chi connectivity index (χ2n) is 5.96. The van der Waals surface area contributed by atoms with Gasteiger partial charge < -0.3 is 19.8 Å². The van der Waals surface area contributed by atoms with Crippen molar-refractivity contribution in [2.75, 3.05) is 40.3 Å². The van der Waals surface area contributed by atoms with Gasteiger partial charge in [-0.05, 0) is 26.4 Å². The summed E-state index contributed by atoms with van der Waals surface area (Å²) < 4.78 is 0. The van der Waals surface area contributed by atoms with Gasteiger partial charge in [0, 0.05) is 32.2 Å². The second-order valence-corrected chi connectivity index (χ2v) is 5.96. The van der Waals surface area contributed by atoms with Crippen LogP contribution in [0.2, 0.25) is 0 Å². The minimum atomic E-state index is -0.796. The molecule has 0 bridgehead atoms. The topological polar surface area (TPSA) is 64.1 Å². The highest BCUT2D eigenvalue weighted by molar-refractivity contribution is 5.78. The minimum absolute atomic E-state index is 0.0000463. The molecule has 2 aliphatic rings. The van der Waals surface area contributed by atoms with Gasteiger partial charge in [0.2, 0.25) is 0 Å². The summed E-state index contributed by atoms with van der Waals surface area (Å²) in [6, 6.07) is 0.416. The smallest absolute Gasteiger partial charge is 0.320 e. The highest BCUT2D eigenvalue weighted by atomic mass is 16.4. The molecule has 108 valence electrons. The van der Waals surface area contributed by atoms with Crippen molar-refractivity contribution < 1.29 is 14.7 Å². The van der Waals surface area contributed by atoms with Gasteiger partial charge in [-0.15, -0.1) is 0 Å². The first-order valence-electron chi connectivity index (χ1n) is 6.83. The highest BCUT2D eigenvalue weighted by Gasteiger charge is 2.39. The number of hydrogen-bond acceptors (Lipinski definition) is 3. The van der Waals surface area contributed by atoms with Crippen LogP contribution in [0.15, 0.2) is 0 Å². The zero-order valence-corrected chi connectivity index (χ0v) is 11.9. The molecule has 1 unspecified atom stereocenters. The van der Waals surface area contributed by atoms with E-state index >= 15 is 0 Å². The average molecular weight is 269 g/mol. The van der Waals surface area contributed by atoms with Crippen LogP contribution >= 0.6 is 0 Å². The molecule has 0 aromatic carbocycles. The molecule has 2 amide bonds. The van der Waals surface area contributed by atoms with Crippen molar-refractivity contribution in [1.29, 1.82) is 0 Å². The minimum Gasteiger partial charge on any atom is -0.481 e. The summed E-state index contributed by atoms with van der Waals surface area (Å²) in [5, 5.41) is 9.11. The van der Waals surface area contributed by atoms with Gasteiger partial charge in [0.25, 0.3) is 0 Å². The molecular formula is C13H23N3O3. The van der Waals surface area contributed by atoms with Crippen molar-refractivity contribution in [3.8, 4) is 0 Å². The number of likely N-dealkylation sites (tertiary alicyclic amines) is 2. The van der Waals surface area contributed by atoms with E-state index in [1.165, 1.54) is 0 Å². The van der Waals surface area contributed by atoms with Gasteiger partial charge in [0.15, 0.2) is 0 Å². The Labute approximate surface area is 114 Å². The molecule has 0 saturated carbocycles. The maximum Gasteiger partial charge on any atom is 0.320 e. The fourth-order valence-electron chi connectivity index (χ4n) is 2.98. The number of urea groups is 1. The summed E-state index contributed by atoms with van der Waals surface area (Å²) in [5.74, 6) is -1.18. The van der Waals surface area contributed by atoms with E-state index in [9.17, 15) is 9.59 Å². The number of hydrogen-bond donors (Lipinski definition) is 1. The second kappa shape index (κ2) is 5.36. The highest BCUT2D eigenvalue weighted by Crippen LogP contribution is 2.25. The summed E-state index contributed by atoms with van der Waals surface area (Å²) in [5.41, 5.74) is 0. The van der Waals surface area contributed by atoms with Crippen LogP contribution in [0.1, 0.15) is 13.3 Å². The number of carboxylic acid groups (broad SMARTS) is 1. The molecule has 1 N–H and O–H groups in total. The van der Waals surface area contributed by atoms with Crippen LogP contribution < -0.4 is 0 Å². The Morgan fingerprint density at radius 3 is 2.32 bits per heavy atom. The molecule has 6 heteroatoms. The first kappa shape index (κ1) is 14.1. The SMILES string of the molecule is C[C@@H]1CN(C(=O)N2CCC(N(C)C)C2)C[C@H]1C(=O)O. The summed E-state index contributed by atoms with van der Waals surface area (Å²) in [6.45, 7) is 4.31. The van der Waals surface area contributed by atoms with E-state index < -0.39 is 11.9 Å². The third kappa shape index (κ3) is 2.83. The zero-order valence-electron chi connectivity index (χ0n) is 11.9. The van der Waals surface area contributed by atoms with Gasteiger partial charge in [-0.3, -0.25) is 4.79 Å². The molecule has 3 atom stereocenters. The molecule has 0 aromatic rings. The van der Waals surface area contributed by atoms with Gasteiger partial charge in [-0.2, -0.15) is 0 Å². The van der Waals surface area contributed by atoms with Crippen LogP contribution in [-0.4, -0.2) is 78.1 Å². The quantitative estimate of drug-likeness (QED) is 0.788. The average Bonchev–Trinajstić information content (AvgIpc) is 2.94. The van der Waals surface area contributed by atoms with Crippen LogP contribution in [0, 0.1) is 11.8 Å². The lowest BCUT2D eigenvalue weighted by molar-refractivity contribution is -0.142. The number of rotatable bonds is 2. The van der Waals surface area contributed by atoms with Crippen molar-refractivity contribution >= 4 is 12.0 Å². The largest absolute Gasteiger partial charge is 0.481 e. The normalized spacial score (nSPS) is 31.3. The first-order chi connectivity index (χ1) is 8.90. The van der Waals surface area contributed by atoms with Crippen molar-refractivity contribution in [2.24, 2.45) is 11.8 Å². The fraction of sp³-hybridized carbons (Fsp3) is 0.846. The number of carbonyl (C=O) groups is 2. The molecule has 2 saturated heterocycles. The Morgan fingerprint density at radius 2 is 1.84 bits per heavy atom. The van der Waals surface area contributed by atoms with Gasteiger partial charge >= 0.3 is 12.0 Å². The maximum atomic E-state index is 12.4. The molecule has 19 heavy (non-hydrogen) atoms. The van der Waals surface area contributed by atoms with Crippen LogP contribution in [0.4, 0.5) is 4.79 Å². The lowest BCUT2D eigenvalue weighted by Gasteiger charge is -2.25. The summed E-state index contributed by atoms with van der Waals surface area (Å²) >= 11 is 0. The van der Waals surface area contributed by atoms with Crippen molar-refractivity contribution in [3.05, 3.63) is 0 Å². The summed E-state index contributed by atoms with van der Waals surface area (Å²) in [7, 11) is 4.05. The third-order valence-electron chi connectivity index (χ3n) is 4.36. The number of aliphatic carboxylic acids is 1. The molecule has 0 aliphatic carbocycles. The van der Waals surface area contributed by atoms with Crippen LogP contribution in [0.5, 0.6) is 0 Å². The number of likely N-dealkylation sites (N-methyl/N-ethyl adjacent to an activating group) is 1. The summed E-state index contributed by atoms with van der Waals surface area (Å²) in [6.07, 6.45) is 0.991. The van der Waals surface area contributed by atoms with E-state index in [0.29, 0.717) is 19.1 Å². The lowest BCUT2D eigenvalue weighted by Crippen LogP contribution is -2.42. The monoisotopic (exact) mass is 269 g/mol. The van der Waals surface area contributed by atoms with Gasteiger partial charge in [-0.25, -0.2) is 4.79 Å². The number of carboxylic acids is 1. The molecule has 0 aromatic heterocycles. The molecule has 2 rings (SSSR count). The fourth-order valence-corrected chi connectivity index (χ4v) is 2.98. The first-order valence-corrected chi connectivity index (χ1v) is 6.83. The predicted octanol–water partition coefficient (Wildman–Crippen LogP) is 0.395. The Hall–Kier alpha value is -1.30. The van der Waals surface area contributed by atoms with E-state index in [-0.39, 0.29) is 11.9 Å². The van der Waals surface area contributed by atoms with Crippen LogP contribution in [0.3, 0.4) is 0 Å². The standard InChI is InChI=1S/C13H23N3O3/c1-9-6-16(8-11(9)12(17)18)13(19)15-5-4-10(7-15)14(2)3/h9-11H,4-8H2,1-3H3,(H,17,18)/t9-,10?,11-/m1/s1. The van der Waals surface area contributed by atoms with E-state index in [1.54, 1.807) is 4.90 Å². The maximum absolute atomic E-state index is 12.4. The van der Waals surface area contributed by atoms with E-state index in [1.807, 2.05) is 25.9 Å². The van der Waals surface area contributed by atoms with Crippen LogP contribution in [-0.2, 0) is 4.79 Å². The van der Waals surface area contributed by atoms with E-state index in [0.717, 1.165) is 19.5 Å². The Kier molecular flexibility index (Phi) is 3.99. The van der Waals surface area contributed by atoms with E-state index in [2.05, 4.69) is 4.90 Å². The molecular weight excluding hydrogens is 246 g/mol. The Bertz CT molecular complexity index is 372. The van der Waals surface area contributed by atoms with Gasteiger partial charge in [0.1, 0.15) is 0 Å². The summed E-state index contributed by atoms with van der Waals surface area (Å²) in [4.78, 5) is 29.1. The Morgan fingerprint density at radius 1 is 1.16 bits per heavy atom. The molecule has 0 radical (unpaired) electrons. The molecule has 6 nitrogen and oxygen atoms in total. The Balaban J connectivity index is 1.93. The number of amides is 2. The van der Waals surface area contributed by atoms with Crippen LogP contribution in [0.25, 0.3) is 0 Å². The van der Waals surface area contributed by atoms with Crippen molar-refractivity contribution in [3.63, 3.8) is 0 Å².